The first-order valence-electron chi connectivity index (χ1n) is 7.84. The van der Waals surface area contributed by atoms with Gasteiger partial charge < -0.3 is 10.1 Å². The van der Waals surface area contributed by atoms with Crippen LogP contribution in [0.2, 0.25) is 0 Å². The molecule has 126 valence electrons. The highest BCUT2D eigenvalue weighted by atomic mass is 19.3. The quantitative estimate of drug-likeness (QED) is 0.647. The van der Waals surface area contributed by atoms with Crippen molar-refractivity contribution in [2.24, 2.45) is 11.8 Å². The molecule has 1 saturated carbocycles. The molecule has 21 heavy (non-hydrogen) atoms. The SMILES string of the molecule is CCCNC(COCC(F)(F)C(F)F)C1CCC(C)CC1. The normalized spacial score (nSPS) is 25.3. The van der Waals surface area contributed by atoms with Gasteiger partial charge in [-0.25, -0.2) is 8.78 Å². The van der Waals surface area contributed by atoms with Crippen LogP contribution in [0.5, 0.6) is 0 Å². The molecule has 0 radical (unpaired) electrons. The molecule has 1 N–H and O–H groups in total. The van der Waals surface area contributed by atoms with E-state index in [0.29, 0.717) is 11.8 Å². The van der Waals surface area contributed by atoms with Gasteiger partial charge in [0.05, 0.1) is 6.61 Å². The smallest absolute Gasteiger partial charge is 0.330 e. The van der Waals surface area contributed by atoms with Gasteiger partial charge in [-0.2, -0.15) is 8.78 Å². The largest absolute Gasteiger partial charge is 0.373 e. The summed E-state index contributed by atoms with van der Waals surface area (Å²) in [6.45, 7) is 3.88. The fourth-order valence-corrected chi connectivity index (χ4v) is 2.76. The van der Waals surface area contributed by atoms with Crippen molar-refractivity contribution in [1.29, 1.82) is 0 Å². The van der Waals surface area contributed by atoms with Gasteiger partial charge in [-0.1, -0.05) is 26.7 Å². The third-order valence-corrected chi connectivity index (χ3v) is 4.20. The molecular weight excluding hydrogens is 286 g/mol. The van der Waals surface area contributed by atoms with Gasteiger partial charge in [0, 0.05) is 6.04 Å². The van der Waals surface area contributed by atoms with E-state index in [1.165, 1.54) is 0 Å². The van der Waals surface area contributed by atoms with Gasteiger partial charge in [0.25, 0.3) is 0 Å². The summed E-state index contributed by atoms with van der Waals surface area (Å²) >= 11 is 0. The molecule has 0 aromatic rings. The Labute approximate surface area is 124 Å². The van der Waals surface area contributed by atoms with E-state index in [1.807, 2.05) is 6.92 Å². The maximum Gasteiger partial charge on any atom is 0.330 e. The molecule has 0 amide bonds. The average Bonchev–Trinajstić information content (AvgIpc) is 2.43. The third kappa shape index (κ3) is 6.51. The molecule has 1 aliphatic carbocycles. The first-order valence-corrected chi connectivity index (χ1v) is 7.84. The molecule has 0 aliphatic heterocycles. The first-order chi connectivity index (χ1) is 9.86. The second-order valence-electron chi connectivity index (χ2n) is 6.16. The van der Waals surface area contributed by atoms with E-state index < -0.39 is 19.0 Å². The van der Waals surface area contributed by atoms with Crippen LogP contribution in [-0.4, -0.2) is 38.1 Å². The average molecular weight is 313 g/mol. The van der Waals surface area contributed by atoms with Crippen LogP contribution in [0.4, 0.5) is 17.6 Å². The Morgan fingerprint density at radius 3 is 2.33 bits per heavy atom. The monoisotopic (exact) mass is 313 g/mol. The summed E-state index contributed by atoms with van der Waals surface area (Å²) in [5.74, 6) is -2.97. The Morgan fingerprint density at radius 1 is 1.19 bits per heavy atom. The van der Waals surface area contributed by atoms with E-state index in [9.17, 15) is 17.6 Å². The minimum atomic E-state index is -4.06. The van der Waals surface area contributed by atoms with Gasteiger partial charge >= 0.3 is 12.3 Å². The van der Waals surface area contributed by atoms with Crippen molar-refractivity contribution < 1.29 is 22.3 Å². The van der Waals surface area contributed by atoms with Crippen molar-refractivity contribution >= 4 is 0 Å². The molecule has 0 aromatic heterocycles. The van der Waals surface area contributed by atoms with Crippen LogP contribution in [0.15, 0.2) is 0 Å². The summed E-state index contributed by atoms with van der Waals surface area (Å²) in [5, 5.41) is 3.31. The molecule has 0 heterocycles. The molecule has 0 saturated heterocycles. The lowest BCUT2D eigenvalue weighted by Crippen LogP contribution is -2.43. The number of nitrogens with one attached hydrogen (secondary N) is 1. The number of hydrogen-bond donors (Lipinski definition) is 1. The lowest BCUT2D eigenvalue weighted by Gasteiger charge is -2.33. The highest BCUT2D eigenvalue weighted by Crippen LogP contribution is 2.31. The maximum atomic E-state index is 12.8. The van der Waals surface area contributed by atoms with Gasteiger partial charge in [0.1, 0.15) is 6.61 Å². The molecule has 6 heteroatoms. The van der Waals surface area contributed by atoms with Crippen molar-refractivity contribution in [3.63, 3.8) is 0 Å². The highest BCUT2D eigenvalue weighted by molar-refractivity contribution is 4.81. The number of alkyl halides is 4. The third-order valence-electron chi connectivity index (χ3n) is 4.20. The minimum absolute atomic E-state index is 0.0223. The molecule has 0 aromatic carbocycles. The van der Waals surface area contributed by atoms with Crippen molar-refractivity contribution in [2.45, 2.75) is 64.3 Å². The number of halogens is 4. The summed E-state index contributed by atoms with van der Waals surface area (Å²) in [7, 11) is 0. The van der Waals surface area contributed by atoms with Crippen LogP contribution in [0.1, 0.15) is 46.0 Å². The van der Waals surface area contributed by atoms with Gasteiger partial charge in [-0.3, -0.25) is 0 Å². The predicted octanol–water partition coefficient (Wildman–Crippen LogP) is 4.10. The maximum absolute atomic E-state index is 12.8. The Balaban J connectivity index is 2.42. The van der Waals surface area contributed by atoms with Gasteiger partial charge in [0.15, 0.2) is 0 Å². The predicted molar refractivity (Wildman–Crippen MR) is 75.0 cm³/mol. The minimum Gasteiger partial charge on any atom is -0.373 e. The first kappa shape index (κ1) is 18.7. The molecule has 0 bridgehead atoms. The zero-order valence-corrected chi connectivity index (χ0v) is 12.9. The molecule has 1 rings (SSSR count). The Hall–Kier alpha value is -0.360. The molecule has 1 atom stereocenters. The summed E-state index contributed by atoms with van der Waals surface area (Å²) < 4.78 is 54.8. The summed E-state index contributed by atoms with van der Waals surface area (Å²) in [5.41, 5.74) is 0. The number of hydrogen-bond acceptors (Lipinski definition) is 2. The van der Waals surface area contributed by atoms with Crippen LogP contribution >= 0.6 is 0 Å². The molecule has 1 aliphatic rings. The van der Waals surface area contributed by atoms with E-state index in [4.69, 9.17) is 4.74 Å². The van der Waals surface area contributed by atoms with Crippen LogP contribution < -0.4 is 5.32 Å². The second kappa shape index (κ2) is 8.93. The zero-order valence-electron chi connectivity index (χ0n) is 12.9. The van der Waals surface area contributed by atoms with Crippen LogP contribution in [0.25, 0.3) is 0 Å². The van der Waals surface area contributed by atoms with Crippen LogP contribution in [0.3, 0.4) is 0 Å². The van der Waals surface area contributed by atoms with E-state index in [-0.39, 0.29) is 12.6 Å². The van der Waals surface area contributed by atoms with Crippen molar-refractivity contribution in [3.8, 4) is 0 Å². The van der Waals surface area contributed by atoms with Crippen LogP contribution in [-0.2, 0) is 4.74 Å². The van der Waals surface area contributed by atoms with Crippen LogP contribution in [0, 0.1) is 11.8 Å². The molecule has 1 unspecified atom stereocenters. The van der Waals surface area contributed by atoms with Crippen molar-refractivity contribution in [3.05, 3.63) is 0 Å². The fourth-order valence-electron chi connectivity index (χ4n) is 2.76. The molecule has 0 spiro atoms. The van der Waals surface area contributed by atoms with Crippen molar-refractivity contribution in [1.82, 2.24) is 5.32 Å². The summed E-state index contributed by atoms with van der Waals surface area (Å²) in [6, 6.07) is -0.0223. The van der Waals surface area contributed by atoms with Gasteiger partial charge in [0.2, 0.25) is 0 Å². The molecular formula is C15H27F4NO. The molecule has 1 fully saturated rings. The van der Waals surface area contributed by atoms with Crippen molar-refractivity contribution in [2.75, 3.05) is 19.8 Å². The number of ether oxygens (including phenoxy) is 1. The second-order valence-corrected chi connectivity index (χ2v) is 6.16. The Bertz CT molecular complexity index is 281. The Kier molecular flexibility index (Phi) is 7.95. The van der Waals surface area contributed by atoms with E-state index in [0.717, 1.165) is 38.6 Å². The fraction of sp³-hybridized carbons (Fsp3) is 1.00. The topological polar surface area (TPSA) is 21.3 Å². The highest BCUT2D eigenvalue weighted by Gasteiger charge is 2.41. The van der Waals surface area contributed by atoms with E-state index in [1.54, 1.807) is 0 Å². The molecule has 2 nitrogen and oxygen atoms in total. The lowest BCUT2D eigenvalue weighted by molar-refractivity contribution is -0.168. The van der Waals surface area contributed by atoms with Gasteiger partial charge in [-0.15, -0.1) is 0 Å². The Morgan fingerprint density at radius 2 is 1.81 bits per heavy atom. The zero-order chi connectivity index (χ0) is 15.9. The van der Waals surface area contributed by atoms with Gasteiger partial charge in [-0.05, 0) is 37.6 Å². The summed E-state index contributed by atoms with van der Waals surface area (Å²) in [4.78, 5) is 0. The van der Waals surface area contributed by atoms with E-state index >= 15 is 0 Å². The lowest BCUT2D eigenvalue weighted by atomic mass is 9.79. The summed E-state index contributed by atoms with van der Waals surface area (Å²) in [6.07, 6.45) is 1.60. The van der Waals surface area contributed by atoms with E-state index in [2.05, 4.69) is 12.2 Å². The standard InChI is InChI=1S/C15H27F4NO/c1-3-8-20-13(12-6-4-11(2)5-7-12)9-21-10-15(18,19)14(16)17/h11-14,20H,3-10H2,1-2H3. The number of rotatable bonds is 9.